The summed E-state index contributed by atoms with van der Waals surface area (Å²) in [5, 5.41) is 5.13. The van der Waals surface area contributed by atoms with Crippen LogP contribution in [-0.4, -0.2) is 49.9 Å². The first-order valence-electron chi connectivity index (χ1n) is 12.6. The van der Waals surface area contributed by atoms with Gasteiger partial charge in [0.15, 0.2) is 0 Å². The van der Waals surface area contributed by atoms with Crippen LogP contribution in [0.3, 0.4) is 0 Å². The number of ether oxygens (including phenoxy) is 1. The second-order valence-electron chi connectivity index (χ2n) is 10.0. The number of carbonyl (C=O) groups is 3. The fourth-order valence-corrected chi connectivity index (χ4v) is 5.20. The lowest BCUT2D eigenvalue weighted by molar-refractivity contribution is -0.128. The van der Waals surface area contributed by atoms with Crippen LogP contribution in [0.2, 0.25) is 5.02 Å². The van der Waals surface area contributed by atoms with Gasteiger partial charge in [-0.1, -0.05) is 61.8 Å². The molecule has 204 valence electrons. The molecule has 9 heteroatoms. The summed E-state index contributed by atoms with van der Waals surface area (Å²) >= 11 is 5.93. The number of rotatable bonds is 8. The molecular weight excluding hydrogens is 521 g/mol. The van der Waals surface area contributed by atoms with Crippen molar-refractivity contribution < 1.29 is 23.5 Å². The smallest absolute Gasteiger partial charge is 0.337 e. The standard InChI is InChI=1S/C30H31ClFN3O4/c1-18(2)21-7-5-6-8-23(21)30(16-35(17-30)15-19-9-11-20(12-10-19)28(37)39-4)29(38)34-26-14-25(32)24(31)13-22(26)27(36)33-3/h5-14,18H,15-17H2,1-4H3,(H,33,36)(H,34,38). The van der Waals surface area contributed by atoms with E-state index in [1.807, 2.05) is 36.4 Å². The van der Waals surface area contributed by atoms with Crippen molar-refractivity contribution in [2.24, 2.45) is 0 Å². The second kappa shape index (κ2) is 11.6. The predicted octanol–water partition coefficient (Wildman–Crippen LogP) is 5.14. The van der Waals surface area contributed by atoms with E-state index in [1.54, 1.807) is 12.1 Å². The van der Waals surface area contributed by atoms with Crippen LogP contribution in [0.5, 0.6) is 0 Å². The highest BCUT2D eigenvalue weighted by Crippen LogP contribution is 2.41. The Hall–Kier alpha value is -3.75. The van der Waals surface area contributed by atoms with E-state index in [1.165, 1.54) is 20.2 Å². The molecule has 1 fully saturated rings. The summed E-state index contributed by atoms with van der Waals surface area (Å²) in [4.78, 5) is 40.4. The number of esters is 1. The summed E-state index contributed by atoms with van der Waals surface area (Å²) in [7, 11) is 2.79. The summed E-state index contributed by atoms with van der Waals surface area (Å²) in [6.07, 6.45) is 0. The van der Waals surface area contributed by atoms with E-state index in [0.717, 1.165) is 22.8 Å². The maximum Gasteiger partial charge on any atom is 0.337 e. The lowest BCUT2D eigenvalue weighted by Gasteiger charge is -2.50. The second-order valence-corrected chi connectivity index (χ2v) is 10.4. The van der Waals surface area contributed by atoms with Crippen molar-refractivity contribution in [2.75, 3.05) is 32.6 Å². The van der Waals surface area contributed by atoms with Crippen molar-refractivity contribution in [2.45, 2.75) is 31.7 Å². The molecule has 1 aliphatic rings. The highest BCUT2D eigenvalue weighted by molar-refractivity contribution is 6.31. The Labute approximate surface area is 232 Å². The van der Waals surface area contributed by atoms with Gasteiger partial charge in [-0.25, -0.2) is 9.18 Å². The number of amides is 2. The molecule has 0 bridgehead atoms. The lowest BCUT2D eigenvalue weighted by Crippen LogP contribution is -2.64. The van der Waals surface area contributed by atoms with E-state index >= 15 is 0 Å². The summed E-state index contributed by atoms with van der Waals surface area (Å²) < 4.78 is 19.2. The number of likely N-dealkylation sites (tertiary alicyclic amines) is 1. The number of benzene rings is 3. The molecule has 1 saturated heterocycles. The molecule has 0 aromatic heterocycles. The van der Waals surface area contributed by atoms with Gasteiger partial charge in [0.05, 0.1) is 34.4 Å². The largest absolute Gasteiger partial charge is 0.465 e. The van der Waals surface area contributed by atoms with Crippen molar-refractivity contribution in [3.05, 3.63) is 99.3 Å². The van der Waals surface area contributed by atoms with Gasteiger partial charge in [0.1, 0.15) is 5.82 Å². The Balaban J connectivity index is 1.65. The van der Waals surface area contributed by atoms with E-state index in [4.69, 9.17) is 16.3 Å². The van der Waals surface area contributed by atoms with E-state index in [2.05, 4.69) is 29.4 Å². The maximum atomic E-state index is 14.4. The molecule has 0 radical (unpaired) electrons. The molecule has 0 aliphatic carbocycles. The number of halogens is 2. The molecule has 0 saturated carbocycles. The van der Waals surface area contributed by atoms with Crippen LogP contribution >= 0.6 is 11.6 Å². The third kappa shape index (κ3) is 5.67. The number of nitrogens with zero attached hydrogens (tertiary/aromatic N) is 1. The molecule has 7 nitrogen and oxygen atoms in total. The summed E-state index contributed by atoms with van der Waals surface area (Å²) in [5.74, 6) is -1.79. The molecule has 2 amide bonds. The maximum absolute atomic E-state index is 14.4. The molecule has 1 heterocycles. The number of methoxy groups -OCH3 is 1. The van der Waals surface area contributed by atoms with Crippen LogP contribution < -0.4 is 10.6 Å². The fraction of sp³-hybridized carbons (Fsp3) is 0.300. The SMILES string of the molecule is CNC(=O)c1cc(Cl)c(F)cc1NC(=O)C1(c2ccccc2C(C)C)CN(Cc2ccc(C(=O)OC)cc2)C1. The van der Waals surface area contributed by atoms with Crippen molar-refractivity contribution in [1.29, 1.82) is 0 Å². The third-order valence-corrected chi connectivity index (χ3v) is 7.37. The minimum absolute atomic E-state index is 0.0551. The summed E-state index contributed by atoms with van der Waals surface area (Å²) in [5.41, 5.74) is 2.59. The highest BCUT2D eigenvalue weighted by atomic mass is 35.5. The monoisotopic (exact) mass is 551 g/mol. The number of hydrogen-bond acceptors (Lipinski definition) is 5. The zero-order valence-corrected chi connectivity index (χ0v) is 23.1. The van der Waals surface area contributed by atoms with E-state index in [0.29, 0.717) is 25.2 Å². The van der Waals surface area contributed by atoms with Crippen molar-refractivity contribution in [1.82, 2.24) is 10.2 Å². The van der Waals surface area contributed by atoms with E-state index < -0.39 is 23.1 Å². The molecule has 0 atom stereocenters. The Morgan fingerprint density at radius 2 is 1.74 bits per heavy atom. The molecule has 39 heavy (non-hydrogen) atoms. The van der Waals surface area contributed by atoms with E-state index in [-0.39, 0.29) is 28.1 Å². The fourth-order valence-electron chi connectivity index (χ4n) is 5.04. The Morgan fingerprint density at radius 3 is 2.36 bits per heavy atom. The van der Waals surface area contributed by atoms with Crippen LogP contribution in [0.15, 0.2) is 60.7 Å². The highest BCUT2D eigenvalue weighted by Gasteiger charge is 2.51. The number of nitrogens with one attached hydrogen (secondary N) is 2. The number of carbonyl (C=O) groups excluding carboxylic acids is 3. The van der Waals surface area contributed by atoms with Gasteiger partial charge in [0, 0.05) is 26.7 Å². The van der Waals surface area contributed by atoms with E-state index in [9.17, 15) is 18.8 Å². The van der Waals surface area contributed by atoms with Crippen molar-refractivity contribution >= 4 is 35.1 Å². The minimum Gasteiger partial charge on any atom is -0.465 e. The topological polar surface area (TPSA) is 87.7 Å². The average molecular weight is 552 g/mol. The van der Waals surface area contributed by atoms with Crippen LogP contribution in [0.4, 0.5) is 10.1 Å². The van der Waals surface area contributed by atoms with Gasteiger partial charge in [-0.2, -0.15) is 0 Å². The quantitative estimate of drug-likeness (QED) is 0.378. The lowest BCUT2D eigenvalue weighted by atomic mass is 9.69. The van der Waals surface area contributed by atoms with Gasteiger partial charge in [0.25, 0.3) is 5.91 Å². The molecule has 1 aliphatic heterocycles. The zero-order chi connectivity index (χ0) is 28.3. The van der Waals surface area contributed by atoms with Crippen LogP contribution in [0.1, 0.15) is 57.2 Å². The van der Waals surface area contributed by atoms with Gasteiger partial charge >= 0.3 is 5.97 Å². The summed E-state index contributed by atoms with van der Waals surface area (Å²) in [6, 6.07) is 17.3. The normalized spacial score (nSPS) is 14.4. The first-order chi connectivity index (χ1) is 18.6. The van der Waals surface area contributed by atoms with Crippen LogP contribution in [0, 0.1) is 5.82 Å². The van der Waals surface area contributed by atoms with Gasteiger partial charge < -0.3 is 15.4 Å². The van der Waals surface area contributed by atoms with Crippen molar-refractivity contribution in [3.63, 3.8) is 0 Å². The summed E-state index contributed by atoms with van der Waals surface area (Å²) in [6.45, 7) is 5.53. The zero-order valence-electron chi connectivity index (χ0n) is 22.3. The van der Waals surface area contributed by atoms with Gasteiger partial charge in [-0.05, 0) is 46.9 Å². The molecule has 3 aromatic rings. The van der Waals surface area contributed by atoms with Gasteiger partial charge in [-0.15, -0.1) is 0 Å². The average Bonchev–Trinajstić information content (AvgIpc) is 2.91. The van der Waals surface area contributed by atoms with Gasteiger partial charge in [-0.3, -0.25) is 14.5 Å². The molecular formula is C30H31ClFN3O4. The Morgan fingerprint density at radius 1 is 1.08 bits per heavy atom. The molecule has 3 aromatic carbocycles. The molecule has 0 unspecified atom stereocenters. The van der Waals surface area contributed by atoms with Crippen molar-refractivity contribution in [3.8, 4) is 0 Å². The molecule has 4 rings (SSSR count). The van der Waals surface area contributed by atoms with Gasteiger partial charge in [0.2, 0.25) is 5.91 Å². The third-order valence-electron chi connectivity index (χ3n) is 7.08. The molecule has 2 N–H and O–H groups in total. The number of anilines is 1. The van der Waals surface area contributed by atoms with Crippen LogP contribution in [0.25, 0.3) is 0 Å². The Bertz CT molecular complexity index is 1400. The minimum atomic E-state index is -0.928. The first-order valence-corrected chi connectivity index (χ1v) is 13.0. The number of hydrogen-bond donors (Lipinski definition) is 2. The predicted molar refractivity (Wildman–Crippen MR) is 149 cm³/mol. The molecule has 0 spiro atoms. The van der Waals surface area contributed by atoms with Crippen LogP contribution in [-0.2, 0) is 21.5 Å². The first kappa shape index (κ1) is 28.3. The Kier molecular flexibility index (Phi) is 8.37.